The zero-order valence-corrected chi connectivity index (χ0v) is 15.5. The first kappa shape index (κ1) is 18.1. The minimum absolute atomic E-state index is 0.238. The van der Waals surface area contributed by atoms with Gasteiger partial charge >= 0.3 is 5.97 Å². The largest absolute Gasteiger partial charge is 0.465 e. The second kappa shape index (κ2) is 7.78. The van der Waals surface area contributed by atoms with Crippen molar-refractivity contribution in [2.24, 2.45) is 0 Å². The van der Waals surface area contributed by atoms with E-state index in [-0.39, 0.29) is 11.7 Å². The molecule has 0 aliphatic carbocycles. The molecule has 9 heteroatoms. The van der Waals surface area contributed by atoms with Crippen molar-refractivity contribution in [3.05, 3.63) is 35.9 Å². The summed E-state index contributed by atoms with van der Waals surface area (Å²) in [6.45, 7) is 0. The molecular weight excluding hydrogens is 358 g/mol. The molecule has 0 unspecified atom stereocenters. The van der Waals surface area contributed by atoms with Crippen LogP contribution in [0.4, 0.5) is 17.3 Å². The van der Waals surface area contributed by atoms with E-state index in [1.54, 1.807) is 6.07 Å². The number of fused-ring (bicyclic) bond motifs is 2. The van der Waals surface area contributed by atoms with Gasteiger partial charge in [0.15, 0.2) is 5.69 Å². The summed E-state index contributed by atoms with van der Waals surface area (Å²) in [5.74, 6) is 0.547. The number of hydrogen-bond acceptors (Lipinski definition) is 9. The van der Waals surface area contributed by atoms with Gasteiger partial charge in [-0.2, -0.15) is 5.26 Å². The molecule has 2 fully saturated rings. The monoisotopic (exact) mass is 379 g/mol. The standard InChI is InChI=1S/C19H21N7O2/c1-28-19(27)15-9-23-17(26-18-10-21-14(7-20)8-22-18)6-16(15)25-13-4-11-2-3-12(5-13)24-11/h6,8-13,24H,2-5H2,1H3,(H2,22,23,25,26)/t11-,12-/m1/s1. The second-order valence-corrected chi connectivity index (χ2v) is 7.08. The van der Waals surface area contributed by atoms with Crippen LogP contribution in [0.15, 0.2) is 24.7 Å². The Kier molecular flexibility index (Phi) is 5.04. The van der Waals surface area contributed by atoms with E-state index in [1.807, 2.05) is 6.07 Å². The Hall–Kier alpha value is -3.25. The van der Waals surface area contributed by atoms with Crippen molar-refractivity contribution in [1.29, 1.82) is 5.26 Å². The number of piperidine rings is 1. The number of hydrogen-bond donors (Lipinski definition) is 3. The smallest absolute Gasteiger partial charge is 0.341 e. The SMILES string of the molecule is COC(=O)c1cnc(Nc2cnc(C#N)cn2)cc1NC1C[C@H]2CC[C@H](C1)N2. The molecule has 2 aliphatic heterocycles. The summed E-state index contributed by atoms with van der Waals surface area (Å²) in [6, 6.07) is 5.05. The maximum atomic E-state index is 12.2. The number of aromatic nitrogens is 3. The summed E-state index contributed by atoms with van der Waals surface area (Å²) >= 11 is 0. The molecule has 2 aromatic heterocycles. The molecule has 0 radical (unpaired) electrons. The number of pyridine rings is 1. The van der Waals surface area contributed by atoms with E-state index in [4.69, 9.17) is 10.00 Å². The lowest BCUT2D eigenvalue weighted by atomic mass is 9.99. The molecule has 0 aromatic carbocycles. The highest BCUT2D eigenvalue weighted by molar-refractivity contribution is 5.96. The van der Waals surface area contributed by atoms with Crippen molar-refractivity contribution >= 4 is 23.3 Å². The number of nitriles is 1. The molecular formula is C19H21N7O2. The molecule has 144 valence electrons. The first-order valence-corrected chi connectivity index (χ1v) is 9.24. The molecule has 9 nitrogen and oxygen atoms in total. The Morgan fingerprint density at radius 3 is 2.57 bits per heavy atom. The minimum Gasteiger partial charge on any atom is -0.465 e. The molecule has 28 heavy (non-hydrogen) atoms. The number of ether oxygens (including phenoxy) is 1. The molecule has 4 heterocycles. The number of methoxy groups -OCH3 is 1. The molecule has 4 rings (SSSR count). The zero-order chi connectivity index (χ0) is 19.5. The van der Waals surface area contributed by atoms with Crippen LogP contribution in [0.3, 0.4) is 0 Å². The van der Waals surface area contributed by atoms with E-state index in [0.29, 0.717) is 35.0 Å². The number of nitrogens with one attached hydrogen (secondary N) is 3. The fourth-order valence-electron chi connectivity index (χ4n) is 3.89. The molecule has 0 amide bonds. The Morgan fingerprint density at radius 1 is 1.18 bits per heavy atom. The van der Waals surface area contributed by atoms with E-state index in [2.05, 4.69) is 30.9 Å². The number of carbonyl (C=O) groups excluding carboxylic acids is 1. The predicted octanol–water partition coefficient (Wildman–Crippen LogP) is 1.97. The maximum Gasteiger partial charge on any atom is 0.341 e. The fourth-order valence-corrected chi connectivity index (χ4v) is 3.89. The summed E-state index contributed by atoms with van der Waals surface area (Å²) in [5, 5.41) is 19.0. The van der Waals surface area contributed by atoms with Crippen molar-refractivity contribution < 1.29 is 9.53 Å². The van der Waals surface area contributed by atoms with Crippen LogP contribution in [0.25, 0.3) is 0 Å². The molecule has 0 spiro atoms. The topological polar surface area (TPSA) is 125 Å². The lowest BCUT2D eigenvalue weighted by molar-refractivity contribution is 0.0601. The number of carbonyl (C=O) groups is 1. The van der Waals surface area contributed by atoms with E-state index >= 15 is 0 Å². The first-order valence-electron chi connectivity index (χ1n) is 9.24. The minimum atomic E-state index is -0.434. The van der Waals surface area contributed by atoms with Gasteiger partial charge in [0.1, 0.15) is 23.3 Å². The van der Waals surface area contributed by atoms with Crippen LogP contribution < -0.4 is 16.0 Å². The van der Waals surface area contributed by atoms with Gasteiger partial charge in [-0.15, -0.1) is 0 Å². The molecule has 2 atom stereocenters. The van der Waals surface area contributed by atoms with Gasteiger partial charge in [-0.05, 0) is 25.7 Å². The van der Waals surface area contributed by atoms with E-state index < -0.39 is 5.97 Å². The van der Waals surface area contributed by atoms with Gasteiger partial charge < -0.3 is 20.7 Å². The Labute approximate surface area is 162 Å². The Bertz CT molecular complexity index is 897. The Balaban J connectivity index is 1.56. The third-order valence-corrected chi connectivity index (χ3v) is 5.16. The fraction of sp³-hybridized carbons (Fsp3) is 0.421. The third kappa shape index (κ3) is 3.87. The van der Waals surface area contributed by atoms with Crippen LogP contribution in [-0.2, 0) is 4.74 Å². The van der Waals surface area contributed by atoms with E-state index in [1.165, 1.54) is 38.5 Å². The van der Waals surface area contributed by atoms with Crippen molar-refractivity contribution in [3.8, 4) is 6.07 Å². The van der Waals surface area contributed by atoms with Crippen LogP contribution in [0.2, 0.25) is 0 Å². The van der Waals surface area contributed by atoms with Gasteiger partial charge in [-0.25, -0.2) is 19.7 Å². The van der Waals surface area contributed by atoms with Gasteiger partial charge in [0.05, 0.1) is 25.2 Å². The normalized spacial score (nSPS) is 22.9. The van der Waals surface area contributed by atoms with Gasteiger partial charge in [0.2, 0.25) is 0 Å². The van der Waals surface area contributed by atoms with Gasteiger partial charge in [-0.3, -0.25) is 0 Å². The third-order valence-electron chi connectivity index (χ3n) is 5.16. The van der Waals surface area contributed by atoms with E-state index in [0.717, 1.165) is 12.8 Å². The number of rotatable bonds is 5. The second-order valence-electron chi connectivity index (χ2n) is 7.08. The summed E-state index contributed by atoms with van der Waals surface area (Å²) in [6.07, 6.45) is 8.78. The summed E-state index contributed by atoms with van der Waals surface area (Å²) in [4.78, 5) is 24.6. The van der Waals surface area contributed by atoms with Crippen LogP contribution >= 0.6 is 0 Å². The molecule has 2 aromatic rings. The lowest BCUT2D eigenvalue weighted by Crippen LogP contribution is -2.43. The highest BCUT2D eigenvalue weighted by atomic mass is 16.5. The number of anilines is 3. The first-order chi connectivity index (χ1) is 13.6. The van der Waals surface area contributed by atoms with Crippen LogP contribution in [0.1, 0.15) is 41.7 Å². The highest BCUT2D eigenvalue weighted by Gasteiger charge is 2.33. The quantitative estimate of drug-likeness (QED) is 0.669. The van der Waals surface area contributed by atoms with Crippen molar-refractivity contribution in [2.75, 3.05) is 17.7 Å². The number of esters is 1. The van der Waals surface area contributed by atoms with Gasteiger partial charge in [-0.1, -0.05) is 0 Å². The zero-order valence-electron chi connectivity index (χ0n) is 15.5. The summed E-state index contributed by atoms with van der Waals surface area (Å²) in [7, 11) is 1.36. The van der Waals surface area contributed by atoms with Gasteiger partial charge in [0.25, 0.3) is 0 Å². The molecule has 0 saturated carbocycles. The van der Waals surface area contributed by atoms with Crippen LogP contribution in [0, 0.1) is 11.3 Å². The maximum absolute atomic E-state index is 12.2. The van der Waals surface area contributed by atoms with Crippen molar-refractivity contribution in [3.63, 3.8) is 0 Å². The average molecular weight is 379 g/mol. The summed E-state index contributed by atoms with van der Waals surface area (Å²) < 4.78 is 4.90. The summed E-state index contributed by atoms with van der Waals surface area (Å²) in [5.41, 5.74) is 1.31. The molecule has 2 aliphatic rings. The average Bonchev–Trinajstić information content (AvgIpc) is 3.06. The van der Waals surface area contributed by atoms with Crippen molar-refractivity contribution in [2.45, 2.75) is 43.8 Å². The molecule has 2 saturated heterocycles. The Morgan fingerprint density at radius 2 is 1.93 bits per heavy atom. The molecule has 2 bridgehead atoms. The highest BCUT2D eigenvalue weighted by Crippen LogP contribution is 2.30. The lowest BCUT2D eigenvalue weighted by Gasteiger charge is -2.31. The predicted molar refractivity (Wildman–Crippen MR) is 102 cm³/mol. The van der Waals surface area contributed by atoms with E-state index in [9.17, 15) is 4.79 Å². The van der Waals surface area contributed by atoms with Gasteiger partial charge in [0, 0.05) is 30.4 Å². The molecule has 3 N–H and O–H groups in total. The van der Waals surface area contributed by atoms with Crippen molar-refractivity contribution in [1.82, 2.24) is 20.3 Å². The van der Waals surface area contributed by atoms with Crippen LogP contribution in [-0.4, -0.2) is 46.2 Å². The van der Waals surface area contributed by atoms with Crippen LogP contribution in [0.5, 0.6) is 0 Å². The number of nitrogens with zero attached hydrogens (tertiary/aromatic N) is 4.